The molecule has 0 N–H and O–H groups in total. The molecule has 0 atom stereocenters. The molecule has 0 fully saturated rings. The molecule has 0 radical (unpaired) electrons. The maximum atomic E-state index is 12.0. The first-order chi connectivity index (χ1) is 10.0. The van der Waals surface area contributed by atoms with Gasteiger partial charge in [-0.25, -0.2) is 0 Å². The Morgan fingerprint density at radius 2 is 1.81 bits per heavy atom. The van der Waals surface area contributed by atoms with Gasteiger partial charge in [-0.3, -0.25) is 4.79 Å². The van der Waals surface area contributed by atoms with Crippen LogP contribution in [0, 0.1) is 11.3 Å². The van der Waals surface area contributed by atoms with Crippen molar-refractivity contribution < 1.29 is 4.79 Å². The van der Waals surface area contributed by atoms with Crippen LogP contribution in [-0.4, -0.2) is 13.0 Å². The summed E-state index contributed by atoms with van der Waals surface area (Å²) in [5.41, 5.74) is 3.48. The number of anilines is 1. The molecule has 0 spiro atoms. The minimum Gasteiger partial charge on any atom is -0.310 e. The number of hydrogen-bond donors (Lipinski definition) is 0. The summed E-state index contributed by atoms with van der Waals surface area (Å²) in [4.78, 5) is 13.4. The standard InChI is InChI=1S/C18H16N2O/c1-13(2)18(21)20(3)17-10-9-15(11-16(17)12-19)14-7-5-4-6-8-14/h4-11H,1H2,2-3H3. The largest absolute Gasteiger partial charge is 0.310 e. The van der Waals surface area contributed by atoms with Gasteiger partial charge in [0.1, 0.15) is 6.07 Å². The molecule has 21 heavy (non-hydrogen) atoms. The molecule has 3 heteroatoms. The normalized spacial score (nSPS) is 9.76. The Morgan fingerprint density at radius 1 is 1.14 bits per heavy atom. The zero-order valence-electron chi connectivity index (χ0n) is 12.1. The van der Waals surface area contributed by atoms with Crippen molar-refractivity contribution in [1.29, 1.82) is 5.26 Å². The van der Waals surface area contributed by atoms with Gasteiger partial charge in [-0.1, -0.05) is 43.0 Å². The van der Waals surface area contributed by atoms with Crippen LogP contribution >= 0.6 is 0 Å². The van der Waals surface area contributed by atoms with E-state index in [9.17, 15) is 10.1 Å². The average molecular weight is 276 g/mol. The molecule has 0 saturated heterocycles. The number of benzene rings is 2. The Balaban J connectivity index is 2.45. The maximum Gasteiger partial charge on any atom is 0.253 e. The van der Waals surface area contributed by atoms with Crippen molar-refractivity contribution in [2.75, 3.05) is 11.9 Å². The Kier molecular flexibility index (Phi) is 4.20. The molecular weight excluding hydrogens is 260 g/mol. The first-order valence-corrected chi connectivity index (χ1v) is 6.57. The number of nitriles is 1. The monoisotopic (exact) mass is 276 g/mol. The topological polar surface area (TPSA) is 44.1 Å². The van der Waals surface area contributed by atoms with Gasteiger partial charge in [0.15, 0.2) is 0 Å². The van der Waals surface area contributed by atoms with E-state index in [2.05, 4.69) is 12.6 Å². The Labute approximate surface area is 124 Å². The van der Waals surface area contributed by atoms with E-state index in [4.69, 9.17) is 0 Å². The molecule has 0 unspecified atom stereocenters. The van der Waals surface area contributed by atoms with E-state index in [0.29, 0.717) is 16.8 Å². The molecular formula is C18H16N2O. The minimum absolute atomic E-state index is 0.195. The number of amides is 1. The molecule has 3 nitrogen and oxygen atoms in total. The van der Waals surface area contributed by atoms with Crippen LogP contribution in [0.2, 0.25) is 0 Å². The molecule has 1 amide bonds. The highest BCUT2D eigenvalue weighted by Crippen LogP contribution is 2.27. The van der Waals surface area contributed by atoms with Gasteiger partial charge < -0.3 is 4.90 Å². The molecule has 2 aromatic carbocycles. The van der Waals surface area contributed by atoms with Gasteiger partial charge in [0.2, 0.25) is 0 Å². The summed E-state index contributed by atoms with van der Waals surface area (Å²) in [6, 6.07) is 17.5. The SMILES string of the molecule is C=C(C)C(=O)N(C)c1ccc(-c2ccccc2)cc1C#N. The summed E-state index contributed by atoms with van der Waals surface area (Å²) in [6.07, 6.45) is 0. The average Bonchev–Trinajstić information content (AvgIpc) is 2.53. The van der Waals surface area contributed by atoms with E-state index in [0.717, 1.165) is 11.1 Å². The van der Waals surface area contributed by atoms with Crippen LogP contribution in [0.4, 0.5) is 5.69 Å². The van der Waals surface area contributed by atoms with Crippen LogP contribution in [0.3, 0.4) is 0 Å². The lowest BCUT2D eigenvalue weighted by Crippen LogP contribution is -2.27. The van der Waals surface area contributed by atoms with Gasteiger partial charge in [-0.15, -0.1) is 0 Å². The second kappa shape index (κ2) is 6.06. The van der Waals surface area contributed by atoms with Gasteiger partial charge in [-0.05, 0) is 30.2 Å². The minimum atomic E-state index is -0.195. The van der Waals surface area contributed by atoms with Gasteiger partial charge in [0.25, 0.3) is 5.91 Å². The molecule has 0 aliphatic rings. The van der Waals surface area contributed by atoms with Crippen molar-refractivity contribution >= 4 is 11.6 Å². The Morgan fingerprint density at radius 3 is 2.38 bits per heavy atom. The highest BCUT2D eigenvalue weighted by Gasteiger charge is 2.15. The Bertz CT molecular complexity index is 727. The van der Waals surface area contributed by atoms with Crippen molar-refractivity contribution in [2.45, 2.75) is 6.92 Å². The lowest BCUT2D eigenvalue weighted by atomic mass is 10.0. The molecule has 0 aromatic heterocycles. The quantitative estimate of drug-likeness (QED) is 0.801. The fourth-order valence-electron chi connectivity index (χ4n) is 2.12. The second-order valence-corrected chi connectivity index (χ2v) is 4.85. The predicted molar refractivity (Wildman–Crippen MR) is 84.8 cm³/mol. The van der Waals surface area contributed by atoms with E-state index in [1.807, 2.05) is 36.4 Å². The maximum absolute atomic E-state index is 12.0. The van der Waals surface area contributed by atoms with Crippen LogP contribution in [0.1, 0.15) is 12.5 Å². The summed E-state index contributed by atoms with van der Waals surface area (Å²) >= 11 is 0. The fourth-order valence-corrected chi connectivity index (χ4v) is 2.12. The highest BCUT2D eigenvalue weighted by molar-refractivity contribution is 6.05. The number of likely N-dealkylation sites (N-methyl/N-ethyl adjacent to an activating group) is 1. The van der Waals surface area contributed by atoms with E-state index in [1.165, 1.54) is 4.90 Å². The van der Waals surface area contributed by atoms with Crippen LogP contribution in [-0.2, 0) is 4.79 Å². The van der Waals surface area contributed by atoms with Crippen molar-refractivity contribution in [1.82, 2.24) is 0 Å². The van der Waals surface area contributed by atoms with E-state index in [1.54, 1.807) is 26.1 Å². The lowest BCUT2D eigenvalue weighted by Gasteiger charge is -2.19. The predicted octanol–water partition coefficient (Wildman–Crippen LogP) is 3.76. The van der Waals surface area contributed by atoms with Gasteiger partial charge in [0.05, 0.1) is 11.3 Å². The zero-order valence-corrected chi connectivity index (χ0v) is 12.1. The second-order valence-electron chi connectivity index (χ2n) is 4.85. The molecule has 2 aromatic rings. The van der Waals surface area contributed by atoms with Crippen molar-refractivity contribution in [3.63, 3.8) is 0 Å². The Hall–Kier alpha value is -2.86. The van der Waals surface area contributed by atoms with Gasteiger partial charge >= 0.3 is 0 Å². The first kappa shape index (κ1) is 14.5. The lowest BCUT2D eigenvalue weighted by molar-refractivity contribution is -0.114. The number of carbonyl (C=O) groups excluding carboxylic acids is 1. The summed E-state index contributed by atoms with van der Waals surface area (Å²) in [5, 5.41) is 9.35. The van der Waals surface area contributed by atoms with E-state index >= 15 is 0 Å². The summed E-state index contributed by atoms with van der Waals surface area (Å²) in [5.74, 6) is -0.195. The summed E-state index contributed by atoms with van der Waals surface area (Å²) < 4.78 is 0. The number of rotatable bonds is 3. The number of nitrogens with zero attached hydrogens (tertiary/aromatic N) is 2. The molecule has 2 rings (SSSR count). The van der Waals surface area contributed by atoms with Gasteiger partial charge in [-0.2, -0.15) is 5.26 Å². The number of carbonyl (C=O) groups is 1. The molecule has 0 saturated carbocycles. The van der Waals surface area contributed by atoms with Crippen LogP contribution < -0.4 is 4.90 Å². The van der Waals surface area contributed by atoms with Crippen molar-refractivity contribution in [3.8, 4) is 17.2 Å². The molecule has 0 aliphatic carbocycles. The van der Waals surface area contributed by atoms with E-state index in [-0.39, 0.29) is 5.91 Å². The zero-order chi connectivity index (χ0) is 15.4. The summed E-state index contributed by atoms with van der Waals surface area (Å²) in [7, 11) is 1.65. The van der Waals surface area contributed by atoms with Crippen molar-refractivity contribution in [3.05, 3.63) is 66.2 Å². The number of hydrogen-bond acceptors (Lipinski definition) is 2. The van der Waals surface area contributed by atoms with Crippen LogP contribution in [0.5, 0.6) is 0 Å². The third-order valence-corrected chi connectivity index (χ3v) is 3.26. The van der Waals surface area contributed by atoms with E-state index < -0.39 is 0 Å². The smallest absolute Gasteiger partial charge is 0.253 e. The molecule has 0 aliphatic heterocycles. The van der Waals surface area contributed by atoms with Gasteiger partial charge in [0, 0.05) is 12.6 Å². The fraction of sp³-hybridized carbons (Fsp3) is 0.111. The van der Waals surface area contributed by atoms with Crippen LogP contribution in [0.25, 0.3) is 11.1 Å². The van der Waals surface area contributed by atoms with Crippen molar-refractivity contribution in [2.24, 2.45) is 0 Å². The first-order valence-electron chi connectivity index (χ1n) is 6.57. The molecule has 0 heterocycles. The van der Waals surface area contributed by atoms with Crippen LogP contribution in [0.15, 0.2) is 60.7 Å². The third-order valence-electron chi connectivity index (χ3n) is 3.26. The molecule has 104 valence electrons. The molecule has 0 bridgehead atoms. The summed E-state index contributed by atoms with van der Waals surface area (Å²) in [6.45, 7) is 5.30. The highest BCUT2D eigenvalue weighted by atomic mass is 16.2. The third kappa shape index (κ3) is 3.01.